The van der Waals surface area contributed by atoms with Crippen molar-refractivity contribution < 1.29 is 24.2 Å². The van der Waals surface area contributed by atoms with Crippen LogP contribution in [0.5, 0.6) is 11.5 Å². The van der Waals surface area contributed by atoms with Crippen LogP contribution in [0.3, 0.4) is 0 Å². The summed E-state index contributed by atoms with van der Waals surface area (Å²) in [7, 11) is 0. The Labute approximate surface area is 237 Å². The Morgan fingerprint density at radius 2 is 1.97 bits per heavy atom. The Balaban J connectivity index is 1.57. The van der Waals surface area contributed by atoms with Crippen LogP contribution in [0.2, 0.25) is 5.02 Å². The van der Waals surface area contributed by atoms with E-state index in [1.165, 1.54) is 17.8 Å². The van der Waals surface area contributed by atoms with E-state index in [4.69, 9.17) is 21.1 Å². The number of thioether (sulfide) groups is 1. The van der Waals surface area contributed by atoms with Gasteiger partial charge in [-0.2, -0.15) is 0 Å². The quantitative estimate of drug-likeness (QED) is 0.206. The number of benzene rings is 3. The van der Waals surface area contributed by atoms with Gasteiger partial charge in [0.2, 0.25) is 0 Å². The summed E-state index contributed by atoms with van der Waals surface area (Å²) in [6, 6.07) is 15.8. The topological polar surface area (TPSA) is 97.2 Å². The van der Waals surface area contributed by atoms with Crippen LogP contribution < -0.4 is 14.8 Å². The van der Waals surface area contributed by atoms with Gasteiger partial charge in [-0.1, -0.05) is 29.8 Å². The zero-order valence-electron chi connectivity index (χ0n) is 19.9. The average Bonchev–Trinajstić information content (AvgIpc) is 3.20. The number of rotatable bonds is 8. The molecular formula is C27H22ClIN2O5S. The van der Waals surface area contributed by atoms with Crippen molar-refractivity contribution in [3.05, 3.63) is 90.3 Å². The van der Waals surface area contributed by atoms with Crippen LogP contribution in [0.1, 0.15) is 34.0 Å². The summed E-state index contributed by atoms with van der Waals surface area (Å²) in [5.74, 6) is -0.154. The zero-order chi connectivity index (χ0) is 26.5. The van der Waals surface area contributed by atoms with E-state index in [1.807, 2.05) is 38.1 Å². The molecule has 1 fully saturated rings. The number of carbonyl (C=O) groups excluding carboxylic acids is 1. The maximum absolute atomic E-state index is 12.6. The molecule has 1 aliphatic rings. The van der Waals surface area contributed by atoms with E-state index in [9.17, 15) is 14.7 Å². The maximum atomic E-state index is 12.6. The van der Waals surface area contributed by atoms with Crippen molar-refractivity contribution in [3.8, 4) is 11.5 Å². The van der Waals surface area contributed by atoms with E-state index in [0.29, 0.717) is 38.9 Å². The SMILES string of the molecule is CCOc1cc(/C=C2/SC(=Nc3cccc(Cl)c3C)NC2=O)cc(I)c1OCc1cccc(C(=O)O)c1. The van der Waals surface area contributed by atoms with Gasteiger partial charge in [0.25, 0.3) is 5.91 Å². The predicted octanol–water partition coefficient (Wildman–Crippen LogP) is 6.82. The normalized spacial score (nSPS) is 15.2. The third-order valence-electron chi connectivity index (χ3n) is 5.30. The minimum absolute atomic E-state index is 0.179. The number of amidine groups is 1. The first-order chi connectivity index (χ1) is 17.7. The number of nitrogens with zero attached hydrogens (tertiary/aromatic N) is 1. The van der Waals surface area contributed by atoms with E-state index in [1.54, 1.807) is 30.3 Å². The maximum Gasteiger partial charge on any atom is 0.335 e. The largest absolute Gasteiger partial charge is 0.490 e. The number of halogens is 2. The summed E-state index contributed by atoms with van der Waals surface area (Å²) in [5, 5.41) is 13.1. The summed E-state index contributed by atoms with van der Waals surface area (Å²) in [6.07, 6.45) is 1.78. The number of hydrogen-bond donors (Lipinski definition) is 2. The summed E-state index contributed by atoms with van der Waals surface area (Å²) in [4.78, 5) is 28.9. The van der Waals surface area contributed by atoms with Crippen LogP contribution in [0.4, 0.5) is 5.69 Å². The fourth-order valence-corrected chi connectivity index (χ4v) is 5.27. The molecule has 1 aliphatic heterocycles. The molecule has 0 spiro atoms. The smallest absolute Gasteiger partial charge is 0.335 e. The summed E-state index contributed by atoms with van der Waals surface area (Å²) in [6.45, 7) is 4.35. The van der Waals surface area contributed by atoms with Gasteiger partial charge in [-0.25, -0.2) is 9.79 Å². The molecule has 10 heteroatoms. The first kappa shape index (κ1) is 27.0. The molecule has 190 valence electrons. The lowest BCUT2D eigenvalue weighted by Gasteiger charge is -2.15. The highest BCUT2D eigenvalue weighted by molar-refractivity contribution is 14.1. The molecule has 0 atom stereocenters. The van der Waals surface area contributed by atoms with Crippen LogP contribution in [-0.4, -0.2) is 28.8 Å². The Kier molecular flexibility index (Phi) is 8.78. The molecule has 0 aliphatic carbocycles. The van der Waals surface area contributed by atoms with E-state index in [2.05, 4.69) is 32.9 Å². The number of carboxylic acid groups (broad SMARTS) is 1. The molecule has 0 bridgehead atoms. The first-order valence-corrected chi connectivity index (χ1v) is 13.5. The number of aliphatic imine (C=N–C) groups is 1. The monoisotopic (exact) mass is 648 g/mol. The number of hydrogen-bond acceptors (Lipinski definition) is 6. The second-order valence-corrected chi connectivity index (χ2v) is 10.5. The number of aromatic carboxylic acids is 1. The summed E-state index contributed by atoms with van der Waals surface area (Å²) < 4.78 is 12.6. The average molecular weight is 649 g/mol. The van der Waals surface area contributed by atoms with Crippen molar-refractivity contribution in [3.63, 3.8) is 0 Å². The van der Waals surface area contributed by atoms with Crippen LogP contribution >= 0.6 is 46.0 Å². The molecule has 1 heterocycles. The Hall–Kier alpha value is -3.02. The molecule has 7 nitrogen and oxygen atoms in total. The highest BCUT2D eigenvalue weighted by Crippen LogP contribution is 2.37. The molecule has 0 saturated carbocycles. The number of carboxylic acids is 1. The molecule has 1 amide bonds. The third-order valence-corrected chi connectivity index (χ3v) is 7.42. The lowest BCUT2D eigenvalue weighted by Crippen LogP contribution is -2.19. The molecule has 0 radical (unpaired) electrons. The Bertz CT molecular complexity index is 1440. The molecule has 0 aromatic heterocycles. The van der Waals surface area contributed by atoms with Gasteiger partial charge in [-0.3, -0.25) is 4.79 Å². The second kappa shape index (κ2) is 12.0. The standard InChI is InChI=1S/C27H22ClIN2O5S/c1-3-35-22-12-17(11-20(29)24(22)36-14-16-6-4-7-18(10-16)26(33)34)13-23-25(32)31-27(37-23)30-21-9-5-8-19(28)15(21)2/h4-13H,3,14H2,1-2H3,(H,33,34)(H,30,31,32)/b23-13+. The van der Waals surface area contributed by atoms with Gasteiger partial charge in [0, 0.05) is 5.02 Å². The van der Waals surface area contributed by atoms with Crippen molar-refractivity contribution in [2.75, 3.05) is 6.61 Å². The van der Waals surface area contributed by atoms with Gasteiger partial charge in [0.1, 0.15) is 6.61 Å². The van der Waals surface area contributed by atoms with E-state index < -0.39 is 5.97 Å². The molecule has 1 saturated heterocycles. The Morgan fingerprint density at radius 1 is 1.19 bits per heavy atom. The fourth-order valence-electron chi connectivity index (χ4n) is 3.48. The molecule has 3 aromatic rings. The minimum Gasteiger partial charge on any atom is -0.490 e. The van der Waals surface area contributed by atoms with E-state index >= 15 is 0 Å². The van der Waals surface area contributed by atoms with Crippen LogP contribution in [0.25, 0.3) is 6.08 Å². The lowest BCUT2D eigenvalue weighted by molar-refractivity contribution is -0.115. The van der Waals surface area contributed by atoms with Gasteiger partial charge < -0.3 is 19.9 Å². The van der Waals surface area contributed by atoms with E-state index in [-0.39, 0.29) is 18.1 Å². The molecule has 3 aromatic carbocycles. The molecule has 37 heavy (non-hydrogen) atoms. The van der Waals surface area contributed by atoms with Gasteiger partial charge in [-0.15, -0.1) is 0 Å². The van der Waals surface area contributed by atoms with E-state index in [0.717, 1.165) is 20.3 Å². The van der Waals surface area contributed by atoms with Crippen molar-refractivity contribution in [2.45, 2.75) is 20.5 Å². The fraction of sp³-hybridized carbons (Fsp3) is 0.148. The van der Waals surface area contributed by atoms with Crippen molar-refractivity contribution in [1.82, 2.24) is 5.32 Å². The molecule has 0 unspecified atom stereocenters. The molecule has 4 rings (SSSR count). The lowest BCUT2D eigenvalue weighted by atomic mass is 10.1. The van der Waals surface area contributed by atoms with Crippen LogP contribution in [0.15, 0.2) is 64.5 Å². The highest BCUT2D eigenvalue weighted by Gasteiger charge is 2.24. The molecule has 2 N–H and O–H groups in total. The van der Waals surface area contributed by atoms with Crippen molar-refractivity contribution >= 4 is 74.8 Å². The van der Waals surface area contributed by atoms with Crippen LogP contribution in [0, 0.1) is 10.5 Å². The highest BCUT2D eigenvalue weighted by atomic mass is 127. The van der Waals surface area contributed by atoms with Crippen LogP contribution in [-0.2, 0) is 11.4 Å². The van der Waals surface area contributed by atoms with Gasteiger partial charge in [0.15, 0.2) is 16.7 Å². The minimum atomic E-state index is -0.992. The third kappa shape index (κ3) is 6.65. The number of amides is 1. The van der Waals surface area contributed by atoms with Crippen molar-refractivity contribution in [1.29, 1.82) is 0 Å². The number of nitrogens with one attached hydrogen (secondary N) is 1. The van der Waals surface area contributed by atoms with Gasteiger partial charge in [-0.05, 0) is 107 Å². The molecular weight excluding hydrogens is 627 g/mol. The number of carbonyl (C=O) groups is 2. The van der Waals surface area contributed by atoms with Gasteiger partial charge in [0.05, 0.1) is 26.3 Å². The number of ether oxygens (including phenoxy) is 2. The first-order valence-electron chi connectivity index (χ1n) is 11.2. The Morgan fingerprint density at radius 3 is 2.73 bits per heavy atom. The summed E-state index contributed by atoms with van der Waals surface area (Å²) >= 11 is 9.59. The predicted molar refractivity (Wildman–Crippen MR) is 155 cm³/mol. The van der Waals surface area contributed by atoms with Crippen molar-refractivity contribution in [2.24, 2.45) is 4.99 Å². The second-order valence-electron chi connectivity index (χ2n) is 7.92. The summed E-state index contributed by atoms with van der Waals surface area (Å²) in [5.41, 5.74) is 3.23. The zero-order valence-corrected chi connectivity index (χ0v) is 23.6. The van der Waals surface area contributed by atoms with Gasteiger partial charge >= 0.3 is 5.97 Å².